The van der Waals surface area contributed by atoms with Gasteiger partial charge in [0.05, 0.1) is 25.1 Å². The maximum Gasteiger partial charge on any atom is 0.232 e. The number of hydrogen-bond acceptors (Lipinski definition) is 4. The second-order valence-corrected chi connectivity index (χ2v) is 8.33. The van der Waals surface area contributed by atoms with Gasteiger partial charge in [0.25, 0.3) is 0 Å². The number of nitrogens with one attached hydrogen (secondary N) is 1. The van der Waals surface area contributed by atoms with Gasteiger partial charge in [0.2, 0.25) is 15.9 Å². The molecule has 1 atom stereocenters. The van der Waals surface area contributed by atoms with Crippen LogP contribution in [0.1, 0.15) is 31.4 Å². The Labute approximate surface area is 165 Å². The lowest BCUT2D eigenvalue weighted by molar-refractivity contribution is -0.121. The number of hydrogen-bond donors (Lipinski definition) is 1. The second-order valence-electron chi connectivity index (χ2n) is 6.42. The topological polar surface area (TPSA) is 75.7 Å². The summed E-state index contributed by atoms with van der Waals surface area (Å²) in [5.74, 6) is -0.166. The number of anilines is 1. The zero-order valence-electron chi connectivity index (χ0n) is 16.2. The predicted molar refractivity (Wildman–Crippen MR) is 107 cm³/mol. The van der Waals surface area contributed by atoms with E-state index in [1.54, 1.807) is 13.2 Å². The number of methoxy groups -OCH3 is 1. The molecular formula is C20H25FN2O4S. The number of sulfonamides is 1. The van der Waals surface area contributed by atoms with Crippen LogP contribution >= 0.6 is 0 Å². The molecule has 0 fully saturated rings. The summed E-state index contributed by atoms with van der Waals surface area (Å²) in [7, 11) is -2.10. The minimum Gasteiger partial charge on any atom is -0.496 e. The summed E-state index contributed by atoms with van der Waals surface area (Å²) in [6, 6.07) is 12.8. The van der Waals surface area contributed by atoms with Crippen LogP contribution in [0.15, 0.2) is 48.5 Å². The molecule has 0 saturated heterocycles. The number of carbonyl (C=O) groups is 1. The van der Waals surface area contributed by atoms with Crippen molar-refractivity contribution in [2.24, 2.45) is 0 Å². The summed E-state index contributed by atoms with van der Waals surface area (Å²) >= 11 is 0. The molecule has 1 N–H and O–H groups in total. The van der Waals surface area contributed by atoms with Gasteiger partial charge in [-0.1, -0.05) is 30.3 Å². The molecule has 0 unspecified atom stereocenters. The van der Waals surface area contributed by atoms with Crippen LogP contribution < -0.4 is 14.4 Å². The SMILES string of the molecule is COc1ccccc1[C@@H](C)NC(=O)CCCN(c1ccccc1F)S(C)(=O)=O. The molecule has 0 bridgehead atoms. The van der Waals surface area contributed by atoms with Crippen molar-refractivity contribution in [2.45, 2.75) is 25.8 Å². The number of carbonyl (C=O) groups excluding carboxylic acids is 1. The third-order valence-corrected chi connectivity index (χ3v) is 5.45. The number of benzene rings is 2. The summed E-state index contributed by atoms with van der Waals surface area (Å²) in [6.45, 7) is 1.86. The quantitative estimate of drug-likeness (QED) is 0.691. The molecule has 8 heteroatoms. The smallest absolute Gasteiger partial charge is 0.232 e. The van der Waals surface area contributed by atoms with Crippen molar-refractivity contribution < 1.29 is 22.3 Å². The lowest BCUT2D eigenvalue weighted by Gasteiger charge is -2.23. The lowest BCUT2D eigenvalue weighted by atomic mass is 10.1. The van der Waals surface area contributed by atoms with Crippen LogP contribution in [0, 0.1) is 5.82 Å². The van der Waals surface area contributed by atoms with Gasteiger partial charge < -0.3 is 10.1 Å². The fourth-order valence-corrected chi connectivity index (χ4v) is 3.88. The molecule has 0 radical (unpaired) electrons. The third kappa shape index (κ3) is 5.69. The van der Waals surface area contributed by atoms with E-state index in [0.29, 0.717) is 5.75 Å². The molecule has 28 heavy (non-hydrogen) atoms. The molecule has 0 saturated carbocycles. The molecule has 2 aromatic carbocycles. The van der Waals surface area contributed by atoms with E-state index in [0.717, 1.165) is 16.1 Å². The molecule has 2 aromatic rings. The fourth-order valence-electron chi connectivity index (χ4n) is 2.92. The van der Waals surface area contributed by atoms with Crippen LogP contribution in [-0.2, 0) is 14.8 Å². The van der Waals surface area contributed by atoms with Crippen molar-refractivity contribution >= 4 is 21.6 Å². The molecule has 152 valence electrons. The summed E-state index contributed by atoms with van der Waals surface area (Å²) in [5.41, 5.74) is 0.829. The second kappa shape index (κ2) is 9.54. The first kappa shape index (κ1) is 21.7. The maximum atomic E-state index is 14.0. The van der Waals surface area contributed by atoms with E-state index in [4.69, 9.17) is 4.74 Å². The Bertz CT molecular complexity index is 918. The van der Waals surface area contributed by atoms with Crippen LogP contribution in [0.4, 0.5) is 10.1 Å². The molecule has 2 rings (SSSR count). The highest BCUT2D eigenvalue weighted by atomic mass is 32.2. The molecule has 6 nitrogen and oxygen atoms in total. The zero-order valence-corrected chi connectivity index (χ0v) is 17.0. The first-order valence-corrected chi connectivity index (χ1v) is 10.7. The van der Waals surface area contributed by atoms with E-state index < -0.39 is 15.8 Å². The van der Waals surface area contributed by atoms with Crippen molar-refractivity contribution in [1.29, 1.82) is 0 Å². The molecule has 0 aliphatic rings. The van der Waals surface area contributed by atoms with Gasteiger partial charge in [0, 0.05) is 18.5 Å². The average molecular weight is 408 g/mol. The lowest BCUT2D eigenvalue weighted by Crippen LogP contribution is -2.33. The van der Waals surface area contributed by atoms with Crippen LogP contribution in [0.2, 0.25) is 0 Å². The summed E-state index contributed by atoms with van der Waals surface area (Å²) in [4.78, 5) is 12.3. The van der Waals surface area contributed by atoms with E-state index in [-0.39, 0.29) is 37.0 Å². The van der Waals surface area contributed by atoms with Crippen molar-refractivity contribution in [2.75, 3.05) is 24.2 Å². The van der Waals surface area contributed by atoms with Gasteiger partial charge in [0.1, 0.15) is 11.6 Å². The van der Waals surface area contributed by atoms with Gasteiger partial charge in [-0.05, 0) is 31.5 Å². The first-order chi connectivity index (χ1) is 13.2. The van der Waals surface area contributed by atoms with Crippen molar-refractivity contribution in [1.82, 2.24) is 5.32 Å². The van der Waals surface area contributed by atoms with Gasteiger partial charge in [0.15, 0.2) is 0 Å². The minimum atomic E-state index is -3.67. The molecule has 1 amide bonds. The van der Waals surface area contributed by atoms with Crippen molar-refractivity contribution in [3.05, 3.63) is 59.9 Å². The van der Waals surface area contributed by atoms with E-state index >= 15 is 0 Å². The first-order valence-electron chi connectivity index (χ1n) is 8.88. The Balaban J connectivity index is 1.97. The summed E-state index contributed by atoms with van der Waals surface area (Å²) in [6.07, 6.45) is 1.38. The Kier molecular flexibility index (Phi) is 7.39. The molecular weight excluding hydrogens is 383 g/mol. The average Bonchev–Trinajstić information content (AvgIpc) is 2.65. The van der Waals surface area contributed by atoms with Gasteiger partial charge >= 0.3 is 0 Å². The predicted octanol–water partition coefficient (Wildman–Crippen LogP) is 3.26. The van der Waals surface area contributed by atoms with Crippen LogP contribution in [-0.4, -0.2) is 34.2 Å². The van der Waals surface area contributed by atoms with E-state index in [1.165, 1.54) is 18.2 Å². The number of halogens is 1. The third-order valence-electron chi connectivity index (χ3n) is 4.27. The molecule has 0 aliphatic carbocycles. The Hall–Kier alpha value is -2.61. The van der Waals surface area contributed by atoms with Crippen molar-refractivity contribution in [3.8, 4) is 5.75 Å². The van der Waals surface area contributed by atoms with E-state index in [9.17, 15) is 17.6 Å². The number of amides is 1. The number of nitrogens with zero attached hydrogens (tertiary/aromatic N) is 1. The molecule has 0 aliphatic heterocycles. The van der Waals surface area contributed by atoms with E-state index in [1.807, 2.05) is 31.2 Å². The molecule has 0 aromatic heterocycles. The summed E-state index contributed by atoms with van der Waals surface area (Å²) < 4.78 is 44.3. The fraction of sp³-hybridized carbons (Fsp3) is 0.350. The maximum absolute atomic E-state index is 14.0. The number of ether oxygens (including phenoxy) is 1. The molecule has 0 heterocycles. The minimum absolute atomic E-state index is 0.0101. The van der Waals surface area contributed by atoms with Crippen LogP contribution in [0.3, 0.4) is 0 Å². The Morgan fingerprint density at radius 1 is 1.18 bits per heavy atom. The zero-order chi connectivity index (χ0) is 20.7. The highest BCUT2D eigenvalue weighted by Crippen LogP contribution is 2.25. The van der Waals surface area contributed by atoms with Crippen LogP contribution in [0.5, 0.6) is 5.75 Å². The van der Waals surface area contributed by atoms with Gasteiger partial charge in [-0.25, -0.2) is 12.8 Å². The van der Waals surface area contributed by atoms with Gasteiger partial charge in [-0.2, -0.15) is 0 Å². The monoisotopic (exact) mass is 408 g/mol. The van der Waals surface area contributed by atoms with Crippen LogP contribution in [0.25, 0.3) is 0 Å². The highest BCUT2D eigenvalue weighted by Gasteiger charge is 2.21. The van der Waals surface area contributed by atoms with Crippen molar-refractivity contribution in [3.63, 3.8) is 0 Å². The molecule has 0 spiro atoms. The van der Waals surface area contributed by atoms with Gasteiger partial charge in [-0.15, -0.1) is 0 Å². The standard InChI is InChI=1S/C20H25FN2O4S/c1-15(16-9-4-7-12-19(16)27-2)22-20(24)13-8-14-23(28(3,25)26)18-11-6-5-10-17(18)21/h4-7,9-12,15H,8,13-14H2,1-3H3,(H,22,24)/t15-/m1/s1. The van der Waals surface area contributed by atoms with Gasteiger partial charge in [-0.3, -0.25) is 9.10 Å². The Morgan fingerprint density at radius 3 is 2.46 bits per heavy atom. The Morgan fingerprint density at radius 2 is 1.82 bits per heavy atom. The number of para-hydroxylation sites is 2. The largest absolute Gasteiger partial charge is 0.496 e. The summed E-state index contributed by atoms with van der Waals surface area (Å²) in [5, 5.41) is 2.87. The normalized spacial score (nSPS) is 12.3. The number of rotatable bonds is 9. The van der Waals surface area contributed by atoms with E-state index in [2.05, 4.69) is 5.32 Å². The highest BCUT2D eigenvalue weighted by molar-refractivity contribution is 7.92.